The Hall–Kier alpha value is -1.37. The van der Waals surface area contributed by atoms with Crippen LogP contribution >= 0.6 is 15.9 Å². The molecule has 0 aliphatic carbocycles. The molecule has 18 heavy (non-hydrogen) atoms. The Kier molecular flexibility index (Phi) is 3.70. The summed E-state index contributed by atoms with van der Waals surface area (Å²) in [6.07, 6.45) is -0.928. The van der Waals surface area contributed by atoms with E-state index in [1.807, 2.05) is 12.1 Å². The summed E-state index contributed by atoms with van der Waals surface area (Å²) in [5.41, 5.74) is -0.0822. The Bertz CT molecular complexity index is 522. The van der Waals surface area contributed by atoms with Gasteiger partial charge in [-0.3, -0.25) is 9.67 Å². The number of rotatable bonds is 3. The fourth-order valence-corrected chi connectivity index (χ4v) is 2.02. The number of nitrogens with zero attached hydrogens (tertiary/aromatic N) is 3. The summed E-state index contributed by atoms with van der Waals surface area (Å²) >= 11 is 2.86. The lowest BCUT2D eigenvalue weighted by molar-refractivity contribution is -0.142. The maximum absolute atomic E-state index is 12.5. The average molecular weight is 320 g/mol. The summed E-state index contributed by atoms with van der Waals surface area (Å²) in [6.45, 7) is 0.353. The van der Waals surface area contributed by atoms with Gasteiger partial charge in [-0.2, -0.15) is 18.3 Å². The van der Waals surface area contributed by atoms with E-state index in [1.165, 1.54) is 10.9 Å². The first-order chi connectivity index (χ1) is 8.47. The van der Waals surface area contributed by atoms with Crippen molar-refractivity contribution in [1.29, 1.82) is 0 Å². The molecule has 0 N–H and O–H groups in total. The highest BCUT2D eigenvalue weighted by atomic mass is 79.9. The van der Waals surface area contributed by atoms with Gasteiger partial charge in [0.1, 0.15) is 0 Å². The lowest BCUT2D eigenvalue weighted by Gasteiger charge is -2.03. The van der Waals surface area contributed by atoms with Crippen LogP contribution in [0.1, 0.15) is 11.4 Å². The zero-order chi connectivity index (χ0) is 13.2. The normalized spacial score (nSPS) is 11.8. The molecule has 0 aliphatic rings. The lowest BCUT2D eigenvalue weighted by atomic mass is 10.3. The molecule has 0 radical (unpaired) electrons. The van der Waals surface area contributed by atoms with Gasteiger partial charge in [0, 0.05) is 31.1 Å². The molecule has 0 saturated carbocycles. The highest BCUT2D eigenvalue weighted by Gasteiger charge is 2.36. The van der Waals surface area contributed by atoms with E-state index in [9.17, 15) is 13.2 Å². The van der Waals surface area contributed by atoms with Gasteiger partial charge in [0.2, 0.25) is 0 Å². The van der Waals surface area contributed by atoms with E-state index >= 15 is 0 Å². The van der Waals surface area contributed by atoms with Crippen LogP contribution in [0.3, 0.4) is 0 Å². The maximum Gasteiger partial charge on any atom is 0.436 e. The molecule has 2 heterocycles. The summed E-state index contributed by atoms with van der Waals surface area (Å²) in [6, 6.07) is 5.45. The molecular weight excluding hydrogens is 311 g/mol. The van der Waals surface area contributed by atoms with Crippen molar-refractivity contribution in [3.63, 3.8) is 0 Å². The Morgan fingerprint density at radius 3 is 2.61 bits per heavy atom. The molecule has 0 atom stereocenters. The highest BCUT2D eigenvalue weighted by Crippen LogP contribution is 2.33. The molecular formula is C11H9BrF3N3. The molecule has 0 aromatic carbocycles. The zero-order valence-corrected chi connectivity index (χ0v) is 10.7. The number of aryl methyl sites for hydroxylation is 2. The summed E-state index contributed by atoms with van der Waals surface area (Å²) in [7, 11) is 0. The van der Waals surface area contributed by atoms with Crippen molar-refractivity contribution in [2.24, 2.45) is 0 Å². The van der Waals surface area contributed by atoms with Crippen LogP contribution in [0.2, 0.25) is 0 Å². The van der Waals surface area contributed by atoms with Crippen molar-refractivity contribution < 1.29 is 13.2 Å². The van der Waals surface area contributed by atoms with E-state index in [4.69, 9.17) is 0 Å². The minimum absolute atomic E-state index is 0.0454. The van der Waals surface area contributed by atoms with Crippen molar-refractivity contribution in [1.82, 2.24) is 14.8 Å². The van der Waals surface area contributed by atoms with Crippen LogP contribution in [0.4, 0.5) is 13.2 Å². The highest BCUT2D eigenvalue weighted by molar-refractivity contribution is 9.10. The topological polar surface area (TPSA) is 30.7 Å². The second-order valence-corrected chi connectivity index (χ2v) is 4.51. The molecule has 0 saturated heterocycles. The molecule has 0 amide bonds. The fourth-order valence-electron chi connectivity index (χ4n) is 1.48. The molecule has 96 valence electrons. The van der Waals surface area contributed by atoms with Crippen LogP contribution in [-0.2, 0) is 19.1 Å². The minimum atomic E-state index is -4.44. The molecule has 0 spiro atoms. The first-order valence-electron chi connectivity index (χ1n) is 5.17. The molecule has 0 bridgehead atoms. The van der Waals surface area contributed by atoms with Gasteiger partial charge >= 0.3 is 6.18 Å². The Balaban J connectivity index is 2.07. The van der Waals surface area contributed by atoms with Crippen LogP contribution in [0.25, 0.3) is 0 Å². The van der Waals surface area contributed by atoms with E-state index in [-0.39, 0.29) is 4.47 Å². The van der Waals surface area contributed by atoms with E-state index < -0.39 is 11.9 Å². The molecule has 0 aliphatic heterocycles. The van der Waals surface area contributed by atoms with Gasteiger partial charge in [-0.1, -0.05) is 6.07 Å². The number of aromatic nitrogens is 3. The van der Waals surface area contributed by atoms with E-state index in [2.05, 4.69) is 26.0 Å². The van der Waals surface area contributed by atoms with Gasteiger partial charge in [0.15, 0.2) is 5.69 Å². The minimum Gasteiger partial charge on any atom is -0.271 e. The van der Waals surface area contributed by atoms with Crippen LogP contribution in [0.5, 0.6) is 0 Å². The van der Waals surface area contributed by atoms with Gasteiger partial charge in [-0.05, 0) is 28.1 Å². The van der Waals surface area contributed by atoms with Gasteiger partial charge in [0.25, 0.3) is 0 Å². The molecule has 0 unspecified atom stereocenters. The second kappa shape index (κ2) is 5.09. The first-order valence-corrected chi connectivity index (χ1v) is 5.96. The second-order valence-electron chi connectivity index (χ2n) is 3.66. The first kappa shape index (κ1) is 13.1. The Labute approximate surface area is 110 Å². The molecule has 2 rings (SSSR count). The van der Waals surface area contributed by atoms with E-state index in [1.54, 1.807) is 12.3 Å². The summed E-state index contributed by atoms with van der Waals surface area (Å²) in [4.78, 5) is 4.10. The van der Waals surface area contributed by atoms with Crippen LogP contribution in [-0.4, -0.2) is 14.8 Å². The maximum atomic E-state index is 12.5. The van der Waals surface area contributed by atoms with Crippen molar-refractivity contribution >= 4 is 15.9 Å². The summed E-state index contributed by atoms with van der Waals surface area (Å²) in [5.74, 6) is 0. The summed E-state index contributed by atoms with van der Waals surface area (Å²) in [5, 5.41) is 3.51. The molecule has 0 fully saturated rings. The fraction of sp³-hybridized carbons (Fsp3) is 0.273. The quantitative estimate of drug-likeness (QED) is 0.869. The molecule has 2 aromatic rings. The third-order valence-corrected chi connectivity index (χ3v) is 2.89. The Morgan fingerprint density at radius 1 is 1.28 bits per heavy atom. The monoisotopic (exact) mass is 319 g/mol. The van der Waals surface area contributed by atoms with Gasteiger partial charge in [-0.25, -0.2) is 0 Å². The van der Waals surface area contributed by atoms with Crippen LogP contribution in [0, 0.1) is 0 Å². The number of halogens is 4. The molecule has 3 nitrogen and oxygen atoms in total. The predicted molar refractivity (Wildman–Crippen MR) is 62.9 cm³/mol. The number of pyridine rings is 1. The average Bonchev–Trinajstić information content (AvgIpc) is 2.69. The third kappa shape index (κ3) is 3.10. The third-order valence-electron chi connectivity index (χ3n) is 2.31. The van der Waals surface area contributed by atoms with E-state index in [0.29, 0.717) is 13.0 Å². The van der Waals surface area contributed by atoms with Crippen LogP contribution in [0.15, 0.2) is 35.1 Å². The summed E-state index contributed by atoms with van der Waals surface area (Å²) < 4.78 is 38.7. The standard InChI is InChI=1S/C11H9BrF3N3/c12-9-7-18(17-10(9)11(13,14)15)6-4-8-3-1-2-5-16-8/h1-3,5,7H,4,6H2. The van der Waals surface area contributed by atoms with Crippen molar-refractivity contribution in [3.8, 4) is 0 Å². The largest absolute Gasteiger partial charge is 0.436 e. The van der Waals surface area contributed by atoms with Gasteiger partial charge in [0.05, 0.1) is 4.47 Å². The SMILES string of the molecule is FC(F)(F)c1nn(CCc2ccccn2)cc1Br. The molecule has 2 aromatic heterocycles. The number of hydrogen-bond donors (Lipinski definition) is 0. The molecule has 7 heteroatoms. The van der Waals surface area contributed by atoms with E-state index in [0.717, 1.165) is 5.69 Å². The smallest absolute Gasteiger partial charge is 0.271 e. The predicted octanol–water partition coefficient (Wildman–Crippen LogP) is 3.30. The lowest BCUT2D eigenvalue weighted by Crippen LogP contribution is -2.09. The van der Waals surface area contributed by atoms with Crippen molar-refractivity contribution in [2.45, 2.75) is 19.1 Å². The van der Waals surface area contributed by atoms with Crippen molar-refractivity contribution in [3.05, 3.63) is 46.5 Å². The van der Waals surface area contributed by atoms with Crippen molar-refractivity contribution in [2.75, 3.05) is 0 Å². The van der Waals surface area contributed by atoms with Crippen LogP contribution < -0.4 is 0 Å². The number of hydrogen-bond acceptors (Lipinski definition) is 2. The Morgan fingerprint density at radius 2 is 2.06 bits per heavy atom. The zero-order valence-electron chi connectivity index (χ0n) is 9.15. The van der Waals surface area contributed by atoms with Gasteiger partial charge < -0.3 is 0 Å². The van der Waals surface area contributed by atoms with Gasteiger partial charge in [-0.15, -0.1) is 0 Å². The number of alkyl halides is 3.